The molecule has 2 aromatic rings. The van der Waals surface area contributed by atoms with Gasteiger partial charge in [0.05, 0.1) is 12.7 Å². The Hall–Kier alpha value is -1.97. The predicted octanol–water partition coefficient (Wildman–Crippen LogP) is 5.65. The van der Waals surface area contributed by atoms with Crippen molar-refractivity contribution >= 4 is 28.7 Å². The van der Waals surface area contributed by atoms with Crippen LogP contribution in [0.15, 0.2) is 30.3 Å². The van der Waals surface area contributed by atoms with Gasteiger partial charge in [0.2, 0.25) is 0 Å². The zero-order valence-corrected chi connectivity index (χ0v) is 16.4. The zero-order chi connectivity index (χ0) is 19.5. The predicted molar refractivity (Wildman–Crippen MR) is 97.4 cm³/mol. The third kappa shape index (κ3) is 4.80. The number of aryl methyl sites for hydroxylation is 2. The van der Waals surface area contributed by atoms with Crippen LogP contribution in [0.4, 0.5) is 18.0 Å². The first-order chi connectivity index (χ1) is 12.1. The summed E-state index contributed by atoms with van der Waals surface area (Å²) in [7, 11) is 1.16. The summed E-state index contributed by atoms with van der Waals surface area (Å²) in [5.41, 5.74) is 0.808. The summed E-state index contributed by atoms with van der Waals surface area (Å²) >= 11 is 1.99. The van der Waals surface area contributed by atoms with Gasteiger partial charge >= 0.3 is 12.3 Å². The molecule has 0 aromatic heterocycles. The minimum atomic E-state index is -4.54. The van der Waals surface area contributed by atoms with Gasteiger partial charge in [-0.2, -0.15) is 13.2 Å². The van der Waals surface area contributed by atoms with E-state index >= 15 is 0 Å². The lowest BCUT2D eigenvalue weighted by Gasteiger charge is -2.17. The van der Waals surface area contributed by atoms with Crippen LogP contribution in [0, 0.1) is 17.4 Å². The highest BCUT2D eigenvalue weighted by atomic mass is 127. The maximum atomic E-state index is 13.3. The lowest BCUT2D eigenvalue weighted by Crippen LogP contribution is -2.12. The normalized spacial score (nSPS) is 11.2. The molecule has 0 bridgehead atoms. The van der Waals surface area contributed by atoms with Gasteiger partial charge < -0.3 is 14.2 Å². The summed E-state index contributed by atoms with van der Waals surface area (Å²) in [6.07, 6.45) is -5.46. The number of alkyl halides is 3. The van der Waals surface area contributed by atoms with Crippen LogP contribution in [0.3, 0.4) is 0 Å². The molecule has 26 heavy (non-hydrogen) atoms. The summed E-state index contributed by atoms with van der Waals surface area (Å²) in [5.74, 6) is -0.106. The second-order valence-electron chi connectivity index (χ2n) is 5.49. The first-order valence-electron chi connectivity index (χ1n) is 7.48. The lowest BCUT2D eigenvalue weighted by atomic mass is 10.0. The maximum Gasteiger partial charge on any atom is 0.513 e. The molecule has 0 aliphatic rings. The summed E-state index contributed by atoms with van der Waals surface area (Å²) < 4.78 is 55.5. The number of hydrogen-bond donors (Lipinski definition) is 0. The Morgan fingerprint density at radius 3 is 2.38 bits per heavy atom. The van der Waals surface area contributed by atoms with E-state index in [0.717, 1.165) is 13.2 Å². The fourth-order valence-electron chi connectivity index (χ4n) is 2.19. The van der Waals surface area contributed by atoms with Crippen molar-refractivity contribution in [1.29, 1.82) is 0 Å². The monoisotopic (exact) mass is 480 g/mol. The van der Waals surface area contributed by atoms with Crippen molar-refractivity contribution in [2.75, 3.05) is 7.11 Å². The van der Waals surface area contributed by atoms with Crippen LogP contribution in [-0.4, -0.2) is 13.3 Å². The van der Waals surface area contributed by atoms with E-state index in [2.05, 4.69) is 4.74 Å². The molecule has 0 aliphatic carbocycles. The van der Waals surface area contributed by atoms with Crippen molar-refractivity contribution < 1.29 is 32.2 Å². The molecule has 0 fully saturated rings. The van der Waals surface area contributed by atoms with Crippen molar-refractivity contribution in [3.05, 3.63) is 56.2 Å². The van der Waals surface area contributed by atoms with Crippen LogP contribution < -0.4 is 9.47 Å². The molecule has 0 spiro atoms. The molecule has 0 unspecified atom stereocenters. The number of methoxy groups -OCH3 is 1. The number of halogens is 4. The Morgan fingerprint density at radius 2 is 1.77 bits per heavy atom. The first-order valence-corrected chi connectivity index (χ1v) is 8.55. The van der Waals surface area contributed by atoms with Gasteiger partial charge in [-0.1, -0.05) is 6.07 Å². The third-order valence-corrected chi connectivity index (χ3v) is 4.72. The van der Waals surface area contributed by atoms with Crippen LogP contribution in [0.25, 0.3) is 0 Å². The van der Waals surface area contributed by atoms with Gasteiger partial charge in [-0.15, -0.1) is 0 Å². The van der Waals surface area contributed by atoms with Crippen molar-refractivity contribution in [3.8, 4) is 11.5 Å². The number of hydrogen-bond acceptors (Lipinski definition) is 4. The van der Waals surface area contributed by atoms with Crippen molar-refractivity contribution in [2.24, 2.45) is 0 Å². The van der Waals surface area contributed by atoms with Gasteiger partial charge in [-0.3, -0.25) is 0 Å². The molecule has 0 heterocycles. The minimum absolute atomic E-state index is 0.168. The average Bonchev–Trinajstić information content (AvgIpc) is 2.56. The molecule has 0 radical (unpaired) electrons. The van der Waals surface area contributed by atoms with E-state index in [0.29, 0.717) is 20.3 Å². The summed E-state index contributed by atoms with van der Waals surface area (Å²) in [6.45, 7) is 3.12. The number of ether oxygens (including phenoxy) is 3. The highest BCUT2D eigenvalue weighted by Crippen LogP contribution is 2.38. The highest BCUT2D eigenvalue weighted by molar-refractivity contribution is 14.1. The molecule has 0 saturated carbocycles. The van der Waals surface area contributed by atoms with E-state index in [1.165, 1.54) is 12.1 Å². The summed E-state index contributed by atoms with van der Waals surface area (Å²) in [6, 6.07) is 7.32. The van der Waals surface area contributed by atoms with Crippen LogP contribution in [-0.2, 0) is 17.5 Å². The van der Waals surface area contributed by atoms with E-state index in [9.17, 15) is 18.0 Å². The van der Waals surface area contributed by atoms with Crippen LogP contribution in [0.5, 0.6) is 11.5 Å². The van der Waals surface area contributed by atoms with Gasteiger partial charge in [0.15, 0.2) is 0 Å². The maximum absolute atomic E-state index is 13.3. The molecule has 0 aliphatic heterocycles. The SMILES string of the molecule is COC(=O)Oc1cccc(I)c1COc1cc(C)c(C)cc1C(F)(F)F. The molecular weight excluding hydrogens is 464 g/mol. The summed E-state index contributed by atoms with van der Waals surface area (Å²) in [4.78, 5) is 11.4. The number of rotatable bonds is 4. The fraction of sp³-hybridized carbons (Fsp3) is 0.278. The lowest BCUT2D eigenvalue weighted by molar-refractivity contribution is -0.139. The highest BCUT2D eigenvalue weighted by Gasteiger charge is 2.35. The Kier molecular flexibility index (Phi) is 6.38. The van der Waals surface area contributed by atoms with Crippen LogP contribution >= 0.6 is 22.6 Å². The molecular formula is C18H16F3IO4. The quantitative estimate of drug-likeness (QED) is 0.323. The van der Waals surface area contributed by atoms with Gasteiger partial charge in [0.25, 0.3) is 0 Å². The van der Waals surface area contributed by atoms with E-state index in [1.54, 1.807) is 26.0 Å². The largest absolute Gasteiger partial charge is 0.513 e. The number of benzene rings is 2. The zero-order valence-electron chi connectivity index (χ0n) is 14.2. The van der Waals surface area contributed by atoms with Crippen molar-refractivity contribution in [3.63, 3.8) is 0 Å². The molecule has 0 N–H and O–H groups in total. The van der Waals surface area contributed by atoms with E-state index in [-0.39, 0.29) is 18.1 Å². The number of carbonyl (C=O) groups excluding carboxylic acids is 1. The average molecular weight is 480 g/mol. The Bertz CT molecular complexity index is 819. The van der Waals surface area contributed by atoms with Gasteiger partial charge in [0.1, 0.15) is 18.1 Å². The van der Waals surface area contributed by atoms with Crippen molar-refractivity contribution in [2.45, 2.75) is 26.6 Å². The van der Waals surface area contributed by atoms with Gasteiger partial charge in [-0.25, -0.2) is 4.79 Å². The van der Waals surface area contributed by atoms with Crippen LogP contribution in [0.2, 0.25) is 0 Å². The third-order valence-electron chi connectivity index (χ3n) is 3.71. The standard InChI is InChI=1S/C18H16F3IO4/c1-10-7-13(18(19,20)21)16(8-11(10)2)25-9-12-14(22)5-4-6-15(12)26-17(23)24-3/h4-8H,9H2,1-3H3. The fourth-order valence-corrected chi connectivity index (χ4v) is 2.82. The molecule has 0 atom stereocenters. The molecule has 8 heteroatoms. The molecule has 140 valence electrons. The topological polar surface area (TPSA) is 44.8 Å². The smallest absolute Gasteiger partial charge is 0.488 e. The minimum Gasteiger partial charge on any atom is -0.488 e. The van der Waals surface area contributed by atoms with E-state index < -0.39 is 17.9 Å². The molecule has 4 nitrogen and oxygen atoms in total. The van der Waals surface area contributed by atoms with Crippen LogP contribution in [0.1, 0.15) is 22.3 Å². The Balaban J connectivity index is 2.35. The molecule has 0 amide bonds. The molecule has 2 rings (SSSR count). The Labute approximate surface area is 162 Å². The van der Waals surface area contributed by atoms with Crippen molar-refractivity contribution in [1.82, 2.24) is 0 Å². The molecule has 2 aromatic carbocycles. The second-order valence-corrected chi connectivity index (χ2v) is 6.65. The van der Waals surface area contributed by atoms with Gasteiger partial charge in [-0.05, 0) is 71.8 Å². The Morgan fingerprint density at radius 1 is 1.12 bits per heavy atom. The second kappa shape index (κ2) is 8.15. The number of carbonyl (C=O) groups is 1. The van der Waals surface area contributed by atoms with E-state index in [1.807, 2.05) is 22.6 Å². The first kappa shape index (κ1) is 20.3. The molecule has 0 saturated heterocycles. The van der Waals surface area contributed by atoms with E-state index in [4.69, 9.17) is 9.47 Å². The van der Waals surface area contributed by atoms with Gasteiger partial charge in [0, 0.05) is 9.13 Å². The summed E-state index contributed by atoms with van der Waals surface area (Å²) in [5, 5.41) is 0.